The van der Waals surface area contributed by atoms with Crippen molar-refractivity contribution in [3.8, 4) is 17.1 Å². The van der Waals surface area contributed by atoms with Crippen LogP contribution in [0.5, 0.6) is 5.88 Å². The van der Waals surface area contributed by atoms with E-state index in [-0.39, 0.29) is 52.3 Å². The number of hydrogen-bond acceptors (Lipinski definition) is 9. The Kier molecular flexibility index (Phi) is 8.84. The molecule has 1 saturated heterocycles. The summed E-state index contributed by atoms with van der Waals surface area (Å²) in [5.41, 5.74) is 3.28. The summed E-state index contributed by atoms with van der Waals surface area (Å²) in [6, 6.07) is 13.6. The highest BCUT2D eigenvalue weighted by Gasteiger charge is 2.56. The Labute approximate surface area is 277 Å². The topological polar surface area (TPSA) is 145 Å². The van der Waals surface area contributed by atoms with Crippen LogP contribution in [0.1, 0.15) is 75.8 Å². The molecule has 12 heteroatoms. The zero-order chi connectivity index (χ0) is 33.7. The Morgan fingerprint density at radius 1 is 1.09 bits per heavy atom. The van der Waals surface area contributed by atoms with Crippen molar-refractivity contribution in [2.45, 2.75) is 95.5 Å². The molecule has 0 radical (unpaired) electrons. The molecule has 1 spiro atoms. The lowest BCUT2D eigenvalue weighted by Gasteiger charge is -2.56. The van der Waals surface area contributed by atoms with Crippen LogP contribution in [0.25, 0.3) is 11.3 Å². The predicted octanol–water partition coefficient (Wildman–Crippen LogP) is 4.57. The van der Waals surface area contributed by atoms with E-state index in [0.717, 1.165) is 29.5 Å². The molecule has 2 aliphatic heterocycles. The number of carbonyl (C=O) groups excluding carboxylic acids is 1. The monoisotopic (exact) mass is 663 g/mol. The Morgan fingerprint density at radius 2 is 1.79 bits per heavy atom. The summed E-state index contributed by atoms with van der Waals surface area (Å²) < 4.78 is 36.4. The summed E-state index contributed by atoms with van der Waals surface area (Å²) in [5.74, 6) is -0.161. The summed E-state index contributed by atoms with van der Waals surface area (Å²) in [6.45, 7) is 10.6. The molecule has 2 atom stereocenters. The number of ether oxygens (including phenoxy) is 1. The maximum atomic E-state index is 13.7. The number of nitrogens with one attached hydrogen (secondary N) is 1. The van der Waals surface area contributed by atoms with Crippen LogP contribution in [0, 0.1) is 19.3 Å². The van der Waals surface area contributed by atoms with Crippen molar-refractivity contribution in [2.24, 2.45) is 5.41 Å². The van der Waals surface area contributed by atoms with Gasteiger partial charge in [-0.1, -0.05) is 51.1 Å². The predicted molar refractivity (Wildman–Crippen MR) is 178 cm³/mol. The second kappa shape index (κ2) is 12.5. The van der Waals surface area contributed by atoms with E-state index in [9.17, 15) is 23.4 Å². The Morgan fingerprint density at radius 3 is 2.47 bits per heavy atom. The lowest BCUT2D eigenvalue weighted by Crippen LogP contribution is -2.65. The summed E-state index contributed by atoms with van der Waals surface area (Å²) in [6.07, 6.45) is 2.47. The fourth-order valence-electron chi connectivity index (χ4n) is 7.79. The third-order valence-corrected chi connectivity index (χ3v) is 11.1. The van der Waals surface area contributed by atoms with Crippen molar-refractivity contribution in [3.05, 3.63) is 65.2 Å². The van der Waals surface area contributed by atoms with Crippen LogP contribution in [0.4, 0.5) is 5.95 Å². The van der Waals surface area contributed by atoms with Gasteiger partial charge in [-0.25, -0.2) is 18.1 Å². The van der Waals surface area contributed by atoms with E-state index in [2.05, 4.69) is 35.5 Å². The third-order valence-electron chi connectivity index (χ3n) is 9.79. The number of aliphatic hydroxyl groups is 2. The van der Waals surface area contributed by atoms with Crippen LogP contribution >= 0.6 is 0 Å². The van der Waals surface area contributed by atoms with Crippen molar-refractivity contribution in [1.29, 1.82) is 0 Å². The van der Waals surface area contributed by atoms with Crippen LogP contribution in [0.15, 0.2) is 53.4 Å². The van der Waals surface area contributed by atoms with E-state index in [1.807, 2.05) is 41.8 Å². The Hall–Kier alpha value is -3.58. The SMILES string of the molecule is Cc1cccc(C)c1-c1cc2nc(n1)NS(=O)(=O)c1cccc(c1)C(O)N([C@H]1C[C@@]3(CCCN3C(=O)CO)C1)[C@H](CC(C)(C)C)CO2. The van der Waals surface area contributed by atoms with Gasteiger partial charge in [-0.3, -0.25) is 9.69 Å². The molecule has 1 aromatic heterocycles. The minimum absolute atomic E-state index is 0.0234. The highest BCUT2D eigenvalue weighted by Crippen LogP contribution is 2.50. The minimum atomic E-state index is -4.14. The molecule has 1 unspecified atom stereocenters. The van der Waals surface area contributed by atoms with Gasteiger partial charge in [0.15, 0.2) is 0 Å². The van der Waals surface area contributed by atoms with Gasteiger partial charge >= 0.3 is 0 Å². The molecule has 2 aromatic carbocycles. The lowest BCUT2D eigenvalue weighted by atomic mass is 9.69. The van der Waals surface area contributed by atoms with Gasteiger partial charge < -0.3 is 19.8 Å². The van der Waals surface area contributed by atoms with Gasteiger partial charge in [0.05, 0.1) is 10.6 Å². The van der Waals surface area contributed by atoms with Gasteiger partial charge in [0.1, 0.15) is 19.4 Å². The Balaban J connectivity index is 1.45. The van der Waals surface area contributed by atoms with E-state index in [1.165, 1.54) is 12.1 Å². The second-order valence-electron chi connectivity index (χ2n) is 14.5. The molecule has 3 aromatic rings. The Bertz CT molecular complexity index is 1750. The van der Waals surface area contributed by atoms with Crippen LogP contribution in [0.2, 0.25) is 0 Å². The van der Waals surface area contributed by atoms with E-state index in [0.29, 0.717) is 37.1 Å². The molecule has 3 aliphatic rings. The normalized spacial score (nSPS) is 25.9. The average Bonchev–Trinajstić information content (AvgIpc) is 3.43. The zero-order valence-electron chi connectivity index (χ0n) is 27.7. The first-order valence-electron chi connectivity index (χ1n) is 16.3. The number of benzene rings is 2. The number of fused-ring (bicyclic) bond motifs is 4. The summed E-state index contributed by atoms with van der Waals surface area (Å²) in [7, 11) is -4.14. The third kappa shape index (κ3) is 6.61. The van der Waals surface area contributed by atoms with Gasteiger partial charge in [0.2, 0.25) is 17.7 Å². The van der Waals surface area contributed by atoms with Crippen LogP contribution in [0.3, 0.4) is 0 Å². The molecule has 1 amide bonds. The van der Waals surface area contributed by atoms with Crippen LogP contribution in [-0.2, 0) is 14.8 Å². The molecular weight excluding hydrogens is 618 g/mol. The number of aromatic nitrogens is 2. The van der Waals surface area contributed by atoms with E-state index in [1.54, 1.807) is 18.2 Å². The maximum absolute atomic E-state index is 13.7. The number of nitrogens with zero attached hydrogens (tertiary/aromatic N) is 4. The fourth-order valence-corrected chi connectivity index (χ4v) is 8.79. The van der Waals surface area contributed by atoms with Gasteiger partial charge in [0.25, 0.3) is 10.0 Å². The average molecular weight is 664 g/mol. The molecule has 3 N–H and O–H groups in total. The smallest absolute Gasteiger partial charge is 0.264 e. The van der Waals surface area contributed by atoms with Crippen molar-refractivity contribution < 1.29 is 28.2 Å². The number of carbonyl (C=O) groups is 1. The molecule has 3 heterocycles. The fraction of sp³-hybridized carbons (Fsp3) is 0.514. The molecule has 1 aliphatic carbocycles. The number of hydrogen-bond donors (Lipinski definition) is 3. The molecule has 11 nitrogen and oxygen atoms in total. The number of aliphatic hydroxyl groups excluding tert-OH is 2. The molecule has 47 heavy (non-hydrogen) atoms. The van der Waals surface area contributed by atoms with Crippen LogP contribution < -0.4 is 9.46 Å². The molecule has 1 saturated carbocycles. The number of rotatable bonds is 4. The quantitative estimate of drug-likeness (QED) is 0.366. The van der Waals surface area contributed by atoms with Gasteiger partial charge in [-0.05, 0) is 80.2 Å². The molecular formula is C35H45N5O6S. The largest absolute Gasteiger partial charge is 0.476 e. The summed E-state index contributed by atoms with van der Waals surface area (Å²) in [5, 5.41) is 21.8. The second-order valence-corrected chi connectivity index (χ2v) is 16.2. The molecule has 6 rings (SSSR count). The molecule has 252 valence electrons. The first-order valence-corrected chi connectivity index (χ1v) is 17.8. The van der Waals surface area contributed by atoms with Crippen molar-refractivity contribution >= 4 is 21.9 Å². The van der Waals surface area contributed by atoms with Gasteiger partial charge in [-0.2, -0.15) is 4.98 Å². The van der Waals surface area contributed by atoms with E-state index in [4.69, 9.17) is 4.74 Å². The van der Waals surface area contributed by atoms with Gasteiger partial charge in [0, 0.05) is 35.8 Å². The van der Waals surface area contributed by atoms with E-state index >= 15 is 0 Å². The standard InChI is InChI=1S/C35H45N5O6S/c1-22-9-6-10-23(2)31(22)28-16-29-37-33(36-28)38-47(44,45)27-12-7-11-24(15-27)32(43)40(26(21-46-29)17-34(3,4)5)25-18-35(19-25)13-8-14-39(35)30(42)20-41/h6-7,9-12,15-16,25-26,32,41,43H,8,13-14,17-21H2,1-5H3,(H,36,37,38)/t25-,26-,32?,35-/m1/s1. The number of amides is 1. The number of aryl methyl sites for hydroxylation is 2. The summed E-state index contributed by atoms with van der Waals surface area (Å²) >= 11 is 0. The number of anilines is 1. The van der Waals surface area contributed by atoms with E-state index < -0.39 is 22.9 Å². The van der Waals surface area contributed by atoms with Crippen LogP contribution in [-0.4, -0.2) is 81.7 Å². The van der Waals surface area contributed by atoms with Crippen molar-refractivity contribution in [1.82, 2.24) is 19.8 Å². The zero-order valence-corrected chi connectivity index (χ0v) is 28.5. The number of likely N-dealkylation sites (tertiary alicyclic amines) is 1. The highest BCUT2D eigenvalue weighted by atomic mass is 32.2. The van der Waals surface area contributed by atoms with Crippen molar-refractivity contribution in [3.63, 3.8) is 0 Å². The molecule has 2 fully saturated rings. The summed E-state index contributed by atoms with van der Waals surface area (Å²) in [4.78, 5) is 25.6. The molecule has 4 bridgehead atoms. The lowest BCUT2D eigenvalue weighted by molar-refractivity contribution is -0.155. The first kappa shape index (κ1) is 33.3. The first-order chi connectivity index (χ1) is 22.2. The highest BCUT2D eigenvalue weighted by molar-refractivity contribution is 7.92. The maximum Gasteiger partial charge on any atom is 0.264 e. The van der Waals surface area contributed by atoms with Crippen molar-refractivity contribution in [2.75, 3.05) is 24.5 Å². The minimum Gasteiger partial charge on any atom is -0.476 e. The van der Waals surface area contributed by atoms with Gasteiger partial charge in [-0.15, -0.1) is 0 Å². The number of sulfonamides is 1.